The van der Waals surface area contributed by atoms with Gasteiger partial charge in [-0.2, -0.15) is 0 Å². The first-order valence-corrected chi connectivity index (χ1v) is 6.81. The van der Waals surface area contributed by atoms with E-state index in [2.05, 4.69) is 5.32 Å². The molecule has 1 amide bonds. The first kappa shape index (κ1) is 16.3. The highest BCUT2D eigenvalue weighted by molar-refractivity contribution is 8.01. The molecule has 2 atom stereocenters. The third-order valence-corrected chi connectivity index (χ3v) is 3.87. The molecule has 2 N–H and O–H groups in total. The van der Waals surface area contributed by atoms with E-state index in [9.17, 15) is 9.59 Å². The molecule has 0 heterocycles. The summed E-state index contributed by atoms with van der Waals surface area (Å²) < 4.78 is 0. The molecule has 0 aromatic carbocycles. The zero-order valence-electron chi connectivity index (χ0n) is 11.2. The fourth-order valence-electron chi connectivity index (χ4n) is 1.23. The predicted octanol–water partition coefficient (Wildman–Crippen LogP) is 2.28. The predicted molar refractivity (Wildman–Crippen MR) is 71.3 cm³/mol. The Hall–Kier alpha value is -0.710. The van der Waals surface area contributed by atoms with Crippen molar-refractivity contribution in [2.24, 2.45) is 0 Å². The van der Waals surface area contributed by atoms with E-state index in [1.807, 2.05) is 34.6 Å². The summed E-state index contributed by atoms with van der Waals surface area (Å²) in [6.45, 7) is 9.61. The second kappa shape index (κ2) is 6.89. The summed E-state index contributed by atoms with van der Waals surface area (Å²) in [6.07, 6.45) is 0.945. The molecule has 0 fully saturated rings. The quantitative estimate of drug-likeness (QED) is 0.738. The van der Waals surface area contributed by atoms with Crippen LogP contribution >= 0.6 is 11.8 Å². The normalized spacial score (nSPS) is 15.1. The molecular formula is C12H23NO3S. The fourth-order valence-corrected chi connectivity index (χ4v) is 2.35. The lowest BCUT2D eigenvalue weighted by Gasteiger charge is -2.27. The molecule has 0 bridgehead atoms. The number of carboxylic acid groups (broad SMARTS) is 1. The van der Waals surface area contributed by atoms with Crippen LogP contribution in [0.15, 0.2) is 0 Å². The highest BCUT2D eigenvalue weighted by atomic mass is 32.2. The van der Waals surface area contributed by atoms with Gasteiger partial charge in [0, 0.05) is 10.8 Å². The van der Waals surface area contributed by atoms with Gasteiger partial charge in [-0.3, -0.25) is 9.59 Å². The van der Waals surface area contributed by atoms with Crippen LogP contribution in [-0.2, 0) is 9.59 Å². The van der Waals surface area contributed by atoms with Crippen molar-refractivity contribution in [2.75, 3.05) is 0 Å². The first-order valence-electron chi connectivity index (χ1n) is 5.87. The van der Waals surface area contributed by atoms with E-state index in [1.165, 1.54) is 11.8 Å². The Morgan fingerprint density at radius 1 is 1.35 bits per heavy atom. The average molecular weight is 261 g/mol. The maximum Gasteiger partial charge on any atom is 0.304 e. The third-order valence-electron chi connectivity index (χ3n) is 2.61. The first-order chi connectivity index (χ1) is 7.68. The molecule has 2 unspecified atom stereocenters. The van der Waals surface area contributed by atoms with Gasteiger partial charge in [-0.15, -0.1) is 11.8 Å². The minimum atomic E-state index is -0.827. The van der Waals surface area contributed by atoms with Gasteiger partial charge < -0.3 is 10.4 Å². The van der Waals surface area contributed by atoms with Crippen molar-refractivity contribution in [2.45, 2.75) is 63.5 Å². The van der Waals surface area contributed by atoms with Gasteiger partial charge in [0.1, 0.15) is 0 Å². The van der Waals surface area contributed by atoms with E-state index in [4.69, 9.17) is 5.11 Å². The van der Waals surface area contributed by atoms with Gasteiger partial charge in [0.15, 0.2) is 0 Å². The van der Waals surface area contributed by atoms with E-state index in [0.29, 0.717) is 0 Å². The molecule has 0 saturated heterocycles. The van der Waals surface area contributed by atoms with Gasteiger partial charge in [-0.05, 0) is 27.2 Å². The van der Waals surface area contributed by atoms with E-state index >= 15 is 0 Å². The summed E-state index contributed by atoms with van der Waals surface area (Å²) in [5, 5.41) is 11.3. The number of nitrogens with one attached hydrogen (secondary N) is 1. The van der Waals surface area contributed by atoms with Gasteiger partial charge in [0.25, 0.3) is 0 Å². The molecule has 0 spiro atoms. The number of hydrogen-bond donors (Lipinski definition) is 2. The SMILES string of the molecule is CCC(C)(C)NC(=O)C(C)SC(C)CC(=O)O. The number of carbonyl (C=O) groups is 2. The molecule has 17 heavy (non-hydrogen) atoms. The average Bonchev–Trinajstić information content (AvgIpc) is 2.15. The Morgan fingerprint density at radius 3 is 2.29 bits per heavy atom. The Labute approximate surface area is 108 Å². The summed E-state index contributed by atoms with van der Waals surface area (Å²) in [6, 6.07) is 0. The maximum atomic E-state index is 11.9. The number of hydrogen-bond acceptors (Lipinski definition) is 3. The zero-order chi connectivity index (χ0) is 13.6. The van der Waals surface area contributed by atoms with Crippen LogP contribution in [0.3, 0.4) is 0 Å². The van der Waals surface area contributed by atoms with Crippen molar-refractivity contribution in [3.8, 4) is 0 Å². The van der Waals surface area contributed by atoms with Gasteiger partial charge in [0.05, 0.1) is 11.7 Å². The van der Waals surface area contributed by atoms with Gasteiger partial charge >= 0.3 is 5.97 Å². The minimum Gasteiger partial charge on any atom is -0.481 e. The smallest absolute Gasteiger partial charge is 0.304 e. The highest BCUT2D eigenvalue weighted by Crippen LogP contribution is 2.21. The monoisotopic (exact) mass is 261 g/mol. The lowest BCUT2D eigenvalue weighted by Crippen LogP contribution is -2.46. The Bertz CT molecular complexity index is 279. The van der Waals surface area contributed by atoms with Crippen molar-refractivity contribution < 1.29 is 14.7 Å². The second-order valence-electron chi connectivity index (χ2n) is 4.91. The number of aliphatic carboxylic acids is 1. The van der Waals surface area contributed by atoms with Gasteiger partial charge in [-0.25, -0.2) is 0 Å². The van der Waals surface area contributed by atoms with Gasteiger partial charge in [-0.1, -0.05) is 13.8 Å². The summed E-state index contributed by atoms with van der Waals surface area (Å²) in [5.74, 6) is -0.856. The molecule has 0 radical (unpaired) electrons. The fraction of sp³-hybridized carbons (Fsp3) is 0.833. The molecule has 0 aliphatic heterocycles. The number of carbonyl (C=O) groups excluding carboxylic acids is 1. The van der Waals surface area contributed by atoms with Crippen LogP contribution in [-0.4, -0.2) is 33.0 Å². The number of thioether (sulfide) groups is 1. The largest absolute Gasteiger partial charge is 0.481 e. The van der Waals surface area contributed by atoms with Crippen LogP contribution < -0.4 is 5.32 Å². The summed E-state index contributed by atoms with van der Waals surface area (Å²) in [4.78, 5) is 22.4. The number of rotatable bonds is 7. The Kier molecular flexibility index (Phi) is 6.60. The summed E-state index contributed by atoms with van der Waals surface area (Å²) >= 11 is 1.39. The van der Waals surface area contributed by atoms with E-state index in [-0.39, 0.29) is 28.4 Å². The third kappa shape index (κ3) is 7.26. The molecular weight excluding hydrogens is 238 g/mol. The Balaban J connectivity index is 4.18. The molecule has 0 aliphatic carbocycles. The van der Waals surface area contributed by atoms with Crippen LogP contribution in [0.5, 0.6) is 0 Å². The second-order valence-corrected chi connectivity index (χ2v) is 6.70. The Morgan fingerprint density at radius 2 is 1.88 bits per heavy atom. The highest BCUT2D eigenvalue weighted by Gasteiger charge is 2.23. The van der Waals surface area contributed by atoms with E-state index in [0.717, 1.165) is 6.42 Å². The van der Waals surface area contributed by atoms with Crippen molar-refractivity contribution >= 4 is 23.6 Å². The van der Waals surface area contributed by atoms with Gasteiger partial charge in [0.2, 0.25) is 5.91 Å². The molecule has 4 nitrogen and oxygen atoms in total. The zero-order valence-corrected chi connectivity index (χ0v) is 12.1. The van der Waals surface area contributed by atoms with Crippen molar-refractivity contribution in [3.63, 3.8) is 0 Å². The molecule has 0 aliphatic rings. The van der Waals surface area contributed by atoms with Crippen molar-refractivity contribution in [1.29, 1.82) is 0 Å². The van der Waals surface area contributed by atoms with Crippen LogP contribution in [0, 0.1) is 0 Å². The van der Waals surface area contributed by atoms with Crippen LogP contribution in [0.1, 0.15) is 47.5 Å². The summed E-state index contributed by atoms with van der Waals surface area (Å²) in [7, 11) is 0. The van der Waals surface area contributed by atoms with Crippen LogP contribution in [0.25, 0.3) is 0 Å². The summed E-state index contributed by atoms with van der Waals surface area (Å²) in [5.41, 5.74) is -0.206. The molecule has 5 heteroatoms. The molecule has 100 valence electrons. The molecule has 0 aromatic rings. The van der Waals surface area contributed by atoms with E-state index < -0.39 is 5.97 Å². The van der Waals surface area contributed by atoms with Crippen LogP contribution in [0.4, 0.5) is 0 Å². The molecule has 0 rings (SSSR count). The van der Waals surface area contributed by atoms with Crippen molar-refractivity contribution in [1.82, 2.24) is 5.32 Å². The number of amides is 1. The molecule has 0 aromatic heterocycles. The lowest BCUT2D eigenvalue weighted by molar-refractivity contribution is -0.137. The standard InChI is InChI=1S/C12H23NO3S/c1-6-12(4,5)13-11(16)9(3)17-8(2)7-10(14)15/h8-9H,6-7H2,1-5H3,(H,13,16)(H,14,15). The number of carboxylic acids is 1. The van der Waals surface area contributed by atoms with E-state index in [1.54, 1.807) is 0 Å². The van der Waals surface area contributed by atoms with Crippen molar-refractivity contribution in [3.05, 3.63) is 0 Å². The minimum absolute atomic E-state index is 0.0286. The van der Waals surface area contributed by atoms with Crippen LogP contribution in [0.2, 0.25) is 0 Å². The molecule has 0 saturated carbocycles. The maximum absolute atomic E-state index is 11.9. The lowest BCUT2D eigenvalue weighted by atomic mass is 10.0. The topological polar surface area (TPSA) is 66.4 Å².